The number of benzene rings is 1. The molecule has 1 N–H and O–H groups in total. The van der Waals surface area contributed by atoms with E-state index in [4.69, 9.17) is 9.47 Å². The number of nitrogens with one attached hydrogen (secondary N) is 1. The molecule has 0 radical (unpaired) electrons. The molecule has 1 aliphatic heterocycles. The summed E-state index contributed by atoms with van der Waals surface area (Å²) in [6.07, 6.45) is 1.60. The van der Waals surface area contributed by atoms with Crippen molar-refractivity contribution in [2.45, 2.75) is 26.9 Å². The zero-order valence-corrected chi connectivity index (χ0v) is 12.0. The molecule has 6 nitrogen and oxygen atoms in total. The summed E-state index contributed by atoms with van der Waals surface area (Å²) in [5.41, 5.74) is 2.45. The maximum Gasteiger partial charge on any atom is 0.255 e. The lowest BCUT2D eigenvalue weighted by Crippen LogP contribution is -2.23. The van der Waals surface area contributed by atoms with Gasteiger partial charge in [-0.1, -0.05) is 6.07 Å². The lowest BCUT2D eigenvalue weighted by Gasteiger charge is -2.06. The van der Waals surface area contributed by atoms with E-state index in [0.717, 1.165) is 29.3 Å². The predicted molar refractivity (Wildman–Crippen MR) is 76.4 cm³/mol. The van der Waals surface area contributed by atoms with E-state index in [-0.39, 0.29) is 12.7 Å². The number of carbonyl (C=O) groups is 1. The number of nitrogens with zero attached hydrogens (tertiary/aromatic N) is 2. The Bertz CT molecular complexity index is 679. The van der Waals surface area contributed by atoms with E-state index in [2.05, 4.69) is 10.4 Å². The van der Waals surface area contributed by atoms with Crippen LogP contribution in [0.15, 0.2) is 24.4 Å². The first-order valence-corrected chi connectivity index (χ1v) is 6.88. The number of rotatable bonds is 4. The highest BCUT2D eigenvalue weighted by atomic mass is 16.7. The monoisotopic (exact) mass is 287 g/mol. The number of amides is 1. The molecule has 1 amide bonds. The summed E-state index contributed by atoms with van der Waals surface area (Å²) in [6.45, 7) is 5.33. The lowest BCUT2D eigenvalue weighted by atomic mass is 10.2. The number of carbonyl (C=O) groups excluding carboxylic acids is 1. The Balaban J connectivity index is 1.67. The molecular weight excluding hydrogens is 270 g/mol. The molecule has 110 valence electrons. The van der Waals surface area contributed by atoms with Gasteiger partial charge in [0, 0.05) is 18.8 Å². The molecule has 21 heavy (non-hydrogen) atoms. The van der Waals surface area contributed by atoms with Crippen molar-refractivity contribution in [1.82, 2.24) is 15.1 Å². The van der Waals surface area contributed by atoms with Crippen molar-refractivity contribution < 1.29 is 14.3 Å². The van der Waals surface area contributed by atoms with E-state index < -0.39 is 0 Å². The van der Waals surface area contributed by atoms with Gasteiger partial charge in [-0.25, -0.2) is 0 Å². The van der Waals surface area contributed by atoms with Crippen LogP contribution in [0, 0.1) is 6.92 Å². The molecular formula is C15H17N3O3. The summed E-state index contributed by atoms with van der Waals surface area (Å²) in [5.74, 6) is 1.34. The van der Waals surface area contributed by atoms with Gasteiger partial charge in [-0.2, -0.15) is 5.10 Å². The topological polar surface area (TPSA) is 65.4 Å². The molecule has 0 saturated carbocycles. The Morgan fingerprint density at radius 3 is 2.95 bits per heavy atom. The van der Waals surface area contributed by atoms with Gasteiger partial charge >= 0.3 is 0 Å². The van der Waals surface area contributed by atoms with Gasteiger partial charge in [-0.3, -0.25) is 9.48 Å². The zero-order valence-electron chi connectivity index (χ0n) is 12.0. The summed E-state index contributed by atoms with van der Waals surface area (Å²) in [7, 11) is 0. The second kappa shape index (κ2) is 5.47. The summed E-state index contributed by atoms with van der Waals surface area (Å²) < 4.78 is 12.4. The first-order valence-electron chi connectivity index (χ1n) is 6.88. The van der Waals surface area contributed by atoms with Gasteiger partial charge in [0.1, 0.15) is 0 Å². The third kappa shape index (κ3) is 2.56. The second-order valence-electron chi connectivity index (χ2n) is 4.83. The molecule has 0 saturated heterocycles. The van der Waals surface area contributed by atoms with Gasteiger partial charge in [0.2, 0.25) is 6.79 Å². The average molecular weight is 287 g/mol. The van der Waals surface area contributed by atoms with Gasteiger partial charge in [-0.15, -0.1) is 0 Å². The molecule has 6 heteroatoms. The largest absolute Gasteiger partial charge is 0.454 e. The van der Waals surface area contributed by atoms with Crippen LogP contribution >= 0.6 is 0 Å². The molecule has 2 heterocycles. The molecule has 0 unspecified atom stereocenters. The molecule has 1 aromatic heterocycles. The molecule has 0 atom stereocenters. The summed E-state index contributed by atoms with van der Waals surface area (Å²) in [6, 6.07) is 5.64. The zero-order chi connectivity index (χ0) is 14.8. The Morgan fingerprint density at radius 1 is 1.38 bits per heavy atom. The van der Waals surface area contributed by atoms with Crippen molar-refractivity contribution in [3.05, 3.63) is 41.2 Å². The SMILES string of the molecule is CCn1ncc(C(=O)NCc2ccc3c(c2)OCO3)c1C. The molecule has 0 aliphatic carbocycles. The van der Waals surface area contributed by atoms with E-state index >= 15 is 0 Å². The second-order valence-corrected chi connectivity index (χ2v) is 4.83. The number of aromatic nitrogens is 2. The van der Waals surface area contributed by atoms with Crippen LogP contribution in [0.4, 0.5) is 0 Å². The fourth-order valence-electron chi connectivity index (χ4n) is 2.32. The van der Waals surface area contributed by atoms with Crippen LogP contribution in [-0.2, 0) is 13.1 Å². The molecule has 0 spiro atoms. The van der Waals surface area contributed by atoms with Crippen LogP contribution in [0.25, 0.3) is 0 Å². The van der Waals surface area contributed by atoms with E-state index in [1.54, 1.807) is 10.9 Å². The maximum absolute atomic E-state index is 12.2. The quantitative estimate of drug-likeness (QED) is 0.932. The molecule has 2 aromatic rings. The predicted octanol–water partition coefficient (Wildman–Crippen LogP) is 1.87. The first-order chi connectivity index (χ1) is 10.2. The van der Waals surface area contributed by atoms with Crippen molar-refractivity contribution in [3.63, 3.8) is 0 Å². The fourth-order valence-corrected chi connectivity index (χ4v) is 2.32. The Morgan fingerprint density at radius 2 is 2.19 bits per heavy atom. The minimum atomic E-state index is -0.120. The van der Waals surface area contributed by atoms with E-state index in [1.165, 1.54) is 0 Å². The number of aryl methyl sites for hydroxylation is 1. The summed E-state index contributed by atoms with van der Waals surface area (Å²) >= 11 is 0. The Hall–Kier alpha value is -2.50. The van der Waals surface area contributed by atoms with Crippen molar-refractivity contribution in [2.24, 2.45) is 0 Å². The number of ether oxygens (including phenoxy) is 2. The normalized spacial score (nSPS) is 12.5. The smallest absolute Gasteiger partial charge is 0.255 e. The first kappa shape index (κ1) is 13.5. The molecule has 1 aromatic carbocycles. The van der Waals surface area contributed by atoms with Gasteiger partial charge in [0.25, 0.3) is 5.91 Å². The van der Waals surface area contributed by atoms with Gasteiger partial charge in [-0.05, 0) is 31.5 Å². The third-order valence-electron chi connectivity index (χ3n) is 3.54. The minimum Gasteiger partial charge on any atom is -0.454 e. The van der Waals surface area contributed by atoms with Crippen LogP contribution in [0.3, 0.4) is 0 Å². The Kier molecular flexibility index (Phi) is 3.51. The Labute approximate surface area is 122 Å². The molecule has 3 rings (SSSR count). The van der Waals surface area contributed by atoms with Crippen molar-refractivity contribution >= 4 is 5.91 Å². The third-order valence-corrected chi connectivity index (χ3v) is 3.54. The molecule has 0 bridgehead atoms. The highest BCUT2D eigenvalue weighted by Gasteiger charge is 2.15. The average Bonchev–Trinajstić information content (AvgIpc) is 3.10. The van der Waals surface area contributed by atoms with Gasteiger partial charge in [0.05, 0.1) is 11.8 Å². The highest BCUT2D eigenvalue weighted by Crippen LogP contribution is 2.32. The number of hydrogen-bond donors (Lipinski definition) is 1. The van der Waals surface area contributed by atoms with Gasteiger partial charge in [0.15, 0.2) is 11.5 Å². The molecule has 1 aliphatic rings. The van der Waals surface area contributed by atoms with Crippen LogP contribution in [0.2, 0.25) is 0 Å². The van der Waals surface area contributed by atoms with Crippen LogP contribution in [-0.4, -0.2) is 22.5 Å². The van der Waals surface area contributed by atoms with E-state index in [9.17, 15) is 4.79 Å². The van der Waals surface area contributed by atoms with E-state index in [0.29, 0.717) is 12.1 Å². The standard InChI is InChI=1S/C15H17N3O3/c1-3-18-10(2)12(8-17-18)15(19)16-7-11-4-5-13-14(6-11)21-9-20-13/h4-6,8H,3,7,9H2,1-2H3,(H,16,19). The van der Waals surface area contributed by atoms with Crippen molar-refractivity contribution in [3.8, 4) is 11.5 Å². The number of fused-ring (bicyclic) bond motifs is 1. The van der Waals surface area contributed by atoms with Crippen LogP contribution in [0.1, 0.15) is 28.5 Å². The van der Waals surface area contributed by atoms with Gasteiger partial charge < -0.3 is 14.8 Å². The fraction of sp³-hybridized carbons (Fsp3) is 0.333. The van der Waals surface area contributed by atoms with Crippen molar-refractivity contribution in [1.29, 1.82) is 0 Å². The van der Waals surface area contributed by atoms with Crippen molar-refractivity contribution in [2.75, 3.05) is 6.79 Å². The number of hydrogen-bond acceptors (Lipinski definition) is 4. The van der Waals surface area contributed by atoms with E-state index in [1.807, 2.05) is 32.0 Å². The summed E-state index contributed by atoms with van der Waals surface area (Å²) in [4.78, 5) is 12.2. The summed E-state index contributed by atoms with van der Waals surface area (Å²) in [5, 5.41) is 7.07. The molecule has 0 fully saturated rings. The minimum absolute atomic E-state index is 0.120. The highest BCUT2D eigenvalue weighted by molar-refractivity contribution is 5.94. The maximum atomic E-state index is 12.2. The lowest BCUT2D eigenvalue weighted by molar-refractivity contribution is 0.0950. The van der Waals surface area contributed by atoms with Crippen LogP contribution in [0.5, 0.6) is 11.5 Å². The van der Waals surface area contributed by atoms with Crippen LogP contribution < -0.4 is 14.8 Å².